The van der Waals surface area contributed by atoms with Crippen LogP contribution in [0, 0.1) is 31.6 Å². The molecule has 43 heavy (non-hydrogen) atoms. The first kappa shape index (κ1) is 56.0. The minimum Gasteiger partial charge on any atom is -0.264 e. The fraction of sp³-hybridized carbons (Fsp3) is 0.548. The van der Waals surface area contributed by atoms with Crippen LogP contribution in [0.15, 0.2) is 85.8 Å². The minimum absolute atomic E-state index is 0.648. The van der Waals surface area contributed by atoms with Crippen molar-refractivity contribution in [2.75, 3.05) is 0 Å². The number of hydrogen-bond donors (Lipinski definition) is 0. The monoisotopic (exact) mass is 596 g/mol. The van der Waals surface area contributed by atoms with Gasteiger partial charge in [0.25, 0.3) is 0 Å². The Hall–Kier alpha value is -2.85. The second-order valence-corrected chi connectivity index (χ2v) is 9.40. The van der Waals surface area contributed by atoms with E-state index in [9.17, 15) is 0 Å². The Bertz CT molecular complexity index is 809. The van der Waals surface area contributed by atoms with E-state index < -0.39 is 0 Å². The quantitative estimate of drug-likeness (QED) is 0.253. The van der Waals surface area contributed by atoms with Crippen molar-refractivity contribution in [3.8, 4) is 11.8 Å². The largest absolute Gasteiger partial charge is 0.264 e. The highest BCUT2D eigenvalue weighted by Crippen LogP contribution is 2.00. The van der Waals surface area contributed by atoms with E-state index in [0.717, 1.165) is 18.4 Å². The summed E-state index contributed by atoms with van der Waals surface area (Å²) in [5, 5.41) is 0. The number of aromatic nitrogens is 1. The Morgan fingerprint density at radius 3 is 1.37 bits per heavy atom. The third-order valence-corrected chi connectivity index (χ3v) is 4.05. The summed E-state index contributed by atoms with van der Waals surface area (Å²) in [6.07, 6.45) is 11.6. The standard InChI is InChI=1S/C11H12.C6H7N.2C5H10.C5H12.C4H8.3C2H6/c1-3-4-5-11-8-6-10(2)7-9-11;1-6-3-2-4-7-5-6;2*1-4-5(2)3;1-3-5-4-2;1-4(2)3;3*1-2/h6-9H,3H2,1-2H3;2-5H,1H3;2,4H2,1,3H3;4-5H,1H2,2-3H3;3-5H2,1-2H3;1H2,2-3H3;3*1-2H3. The summed E-state index contributed by atoms with van der Waals surface area (Å²) in [5.41, 5.74) is 6.02. The van der Waals surface area contributed by atoms with Crippen molar-refractivity contribution >= 4 is 0 Å². The molecule has 250 valence electrons. The molecular weight excluding hydrogens is 518 g/mol. The lowest BCUT2D eigenvalue weighted by Gasteiger charge is -1.90. The van der Waals surface area contributed by atoms with Crippen molar-refractivity contribution in [2.24, 2.45) is 5.92 Å². The highest BCUT2D eigenvalue weighted by molar-refractivity contribution is 5.35. The van der Waals surface area contributed by atoms with Crippen LogP contribution in [0.5, 0.6) is 0 Å². The van der Waals surface area contributed by atoms with Crippen LogP contribution in [0.3, 0.4) is 0 Å². The Kier molecular flexibility index (Phi) is 71.8. The van der Waals surface area contributed by atoms with E-state index in [1.54, 1.807) is 6.20 Å². The normalized spacial score (nSPS) is 7.49. The predicted molar refractivity (Wildman–Crippen MR) is 207 cm³/mol. The molecule has 0 saturated heterocycles. The highest BCUT2D eigenvalue weighted by Gasteiger charge is 1.84. The third kappa shape index (κ3) is 85.4. The van der Waals surface area contributed by atoms with E-state index in [-0.39, 0.29) is 0 Å². The molecule has 0 aliphatic carbocycles. The van der Waals surface area contributed by atoms with Crippen molar-refractivity contribution < 1.29 is 0 Å². The lowest BCUT2D eigenvalue weighted by atomic mass is 10.1. The van der Waals surface area contributed by atoms with Crippen LogP contribution in [-0.2, 0) is 0 Å². The van der Waals surface area contributed by atoms with Crippen LogP contribution >= 0.6 is 0 Å². The van der Waals surface area contributed by atoms with E-state index in [0.29, 0.717) is 5.92 Å². The van der Waals surface area contributed by atoms with E-state index in [1.807, 2.05) is 93.6 Å². The number of aryl methyl sites for hydroxylation is 2. The van der Waals surface area contributed by atoms with Gasteiger partial charge in [0, 0.05) is 24.4 Å². The Labute approximate surface area is 274 Å². The number of nitrogens with zero attached hydrogens (tertiary/aromatic N) is 1. The molecule has 1 nitrogen and oxygen atoms in total. The highest BCUT2D eigenvalue weighted by atomic mass is 14.6. The van der Waals surface area contributed by atoms with E-state index >= 15 is 0 Å². The first-order valence-corrected chi connectivity index (χ1v) is 16.7. The summed E-state index contributed by atoms with van der Waals surface area (Å²) < 4.78 is 0. The minimum atomic E-state index is 0.648. The van der Waals surface area contributed by atoms with Gasteiger partial charge < -0.3 is 0 Å². The van der Waals surface area contributed by atoms with Crippen LogP contribution in [-0.4, -0.2) is 4.98 Å². The molecule has 0 bridgehead atoms. The van der Waals surface area contributed by atoms with Crippen molar-refractivity contribution in [1.82, 2.24) is 4.98 Å². The molecule has 0 aliphatic heterocycles. The van der Waals surface area contributed by atoms with Crippen molar-refractivity contribution in [3.05, 3.63) is 102 Å². The molecule has 0 spiro atoms. The summed E-state index contributed by atoms with van der Waals surface area (Å²) in [7, 11) is 0. The average molecular weight is 596 g/mol. The topological polar surface area (TPSA) is 12.9 Å². The van der Waals surface area contributed by atoms with Gasteiger partial charge in [-0.3, -0.25) is 4.98 Å². The zero-order valence-corrected chi connectivity index (χ0v) is 32.4. The molecule has 2 aromatic rings. The molecule has 1 aromatic heterocycles. The maximum Gasteiger partial charge on any atom is 0.0297 e. The van der Waals surface area contributed by atoms with E-state index in [1.165, 1.54) is 41.5 Å². The molecule has 0 N–H and O–H groups in total. The van der Waals surface area contributed by atoms with Crippen molar-refractivity contribution in [2.45, 2.75) is 150 Å². The van der Waals surface area contributed by atoms with Gasteiger partial charge in [0.05, 0.1) is 0 Å². The van der Waals surface area contributed by atoms with Gasteiger partial charge in [0.1, 0.15) is 0 Å². The van der Waals surface area contributed by atoms with Crippen LogP contribution in [0.1, 0.15) is 153 Å². The SMILES string of the molecule is C=C(C)C.C=C(C)CC.C=CC(C)C.CC.CC.CC.CCC#Cc1ccc(C)cc1.CCCCC.Cc1cccnc1. The number of benzene rings is 1. The van der Waals surface area contributed by atoms with E-state index in [2.05, 4.69) is 109 Å². The molecular formula is C42H77N. The Morgan fingerprint density at radius 2 is 1.19 bits per heavy atom. The number of unbranched alkanes of at least 4 members (excludes halogenated alkanes) is 2. The zero-order valence-electron chi connectivity index (χ0n) is 32.4. The lowest BCUT2D eigenvalue weighted by Crippen LogP contribution is -1.74. The van der Waals surface area contributed by atoms with Gasteiger partial charge in [-0.05, 0) is 70.7 Å². The third-order valence-electron chi connectivity index (χ3n) is 4.05. The lowest BCUT2D eigenvalue weighted by molar-refractivity contribution is 0.772. The summed E-state index contributed by atoms with van der Waals surface area (Å²) in [6, 6.07) is 12.2. The Balaban J connectivity index is -0.0000000723. The number of hydrogen-bond acceptors (Lipinski definition) is 1. The molecule has 0 unspecified atom stereocenters. The second kappa shape index (κ2) is 55.1. The first-order chi connectivity index (χ1) is 20.4. The van der Waals surface area contributed by atoms with Gasteiger partial charge in [-0.15, -0.1) is 19.7 Å². The molecule has 2 rings (SSSR count). The molecule has 1 heterocycles. The maximum absolute atomic E-state index is 3.88. The molecule has 0 amide bonds. The van der Waals surface area contributed by atoms with Crippen LogP contribution < -0.4 is 0 Å². The zero-order chi connectivity index (χ0) is 35.5. The number of pyridine rings is 1. The first-order valence-electron chi connectivity index (χ1n) is 16.7. The Morgan fingerprint density at radius 1 is 0.791 bits per heavy atom. The fourth-order valence-electron chi connectivity index (χ4n) is 1.63. The summed E-state index contributed by atoms with van der Waals surface area (Å²) in [6.45, 7) is 45.7. The van der Waals surface area contributed by atoms with Crippen molar-refractivity contribution in [3.63, 3.8) is 0 Å². The van der Waals surface area contributed by atoms with Crippen LogP contribution in [0.2, 0.25) is 0 Å². The van der Waals surface area contributed by atoms with Crippen LogP contribution in [0.25, 0.3) is 0 Å². The van der Waals surface area contributed by atoms with Gasteiger partial charge in [-0.2, -0.15) is 0 Å². The summed E-state index contributed by atoms with van der Waals surface area (Å²) >= 11 is 0. The molecule has 1 heteroatoms. The predicted octanol–water partition coefficient (Wildman–Crippen LogP) is 14.8. The molecule has 0 aliphatic rings. The van der Waals surface area contributed by atoms with Crippen LogP contribution in [0.4, 0.5) is 0 Å². The van der Waals surface area contributed by atoms with Gasteiger partial charge in [-0.25, -0.2) is 0 Å². The smallest absolute Gasteiger partial charge is 0.0297 e. The second-order valence-electron chi connectivity index (χ2n) is 9.40. The fourth-order valence-corrected chi connectivity index (χ4v) is 1.63. The molecule has 0 fully saturated rings. The number of rotatable bonds is 4. The average Bonchev–Trinajstić information content (AvgIpc) is 3.01. The van der Waals surface area contributed by atoms with Gasteiger partial charge in [0.2, 0.25) is 0 Å². The maximum atomic E-state index is 3.88. The van der Waals surface area contributed by atoms with Gasteiger partial charge >= 0.3 is 0 Å². The van der Waals surface area contributed by atoms with Crippen molar-refractivity contribution in [1.29, 1.82) is 0 Å². The molecule has 0 radical (unpaired) electrons. The van der Waals surface area contributed by atoms with E-state index in [4.69, 9.17) is 0 Å². The molecule has 0 atom stereocenters. The molecule has 1 aromatic carbocycles. The van der Waals surface area contributed by atoms with Gasteiger partial charge in [0.15, 0.2) is 0 Å². The summed E-state index contributed by atoms with van der Waals surface area (Å²) in [4.78, 5) is 3.88. The number of allylic oxidation sites excluding steroid dienone is 3. The van der Waals surface area contributed by atoms with Gasteiger partial charge in [-0.1, -0.05) is 155 Å². The molecule has 0 saturated carbocycles. The summed E-state index contributed by atoms with van der Waals surface area (Å²) in [5.74, 6) is 6.75.